The number of rotatable bonds is 2. The summed E-state index contributed by atoms with van der Waals surface area (Å²) >= 11 is 1.61. The number of nitriles is 1. The van der Waals surface area contributed by atoms with Crippen molar-refractivity contribution < 1.29 is 0 Å². The molecular formula is C17H14N4OS. The van der Waals surface area contributed by atoms with E-state index in [1.165, 1.54) is 21.5 Å². The first kappa shape index (κ1) is 14.1. The number of fused-ring (bicyclic) bond motifs is 3. The lowest BCUT2D eigenvalue weighted by Gasteiger charge is -2.10. The fraction of sp³-hybridized carbons (Fsp3) is 0.294. The van der Waals surface area contributed by atoms with Crippen molar-refractivity contribution in [2.75, 3.05) is 0 Å². The molecule has 0 saturated carbocycles. The minimum atomic E-state index is -0.0567. The van der Waals surface area contributed by atoms with Gasteiger partial charge in [-0.15, -0.1) is 16.4 Å². The largest absolute Gasteiger partial charge is 0.279 e. The molecule has 0 radical (unpaired) electrons. The minimum Gasteiger partial charge on any atom is -0.267 e. The van der Waals surface area contributed by atoms with Crippen LogP contribution in [0.5, 0.6) is 0 Å². The molecule has 0 amide bonds. The molecule has 5 nitrogen and oxygen atoms in total. The van der Waals surface area contributed by atoms with Crippen molar-refractivity contribution in [2.45, 2.75) is 32.2 Å². The van der Waals surface area contributed by atoms with Gasteiger partial charge in [-0.3, -0.25) is 4.79 Å². The van der Waals surface area contributed by atoms with E-state index in [0.29, 0.717) is 12.1 Å². The summed E-state index contributed by atoms with van der Waals surface area (Å²) in [5.74, 6) is 0. The Morgan fingerprint density at radius 1 is 1.22 bits per heavy atom. The number of aromatic nitrogens is 3. The van der Waals surface area contributed by atoms with Crippen LogP contribution in [0.3, 0.4) is 0 Å². The maximum Gasteiger partial charge on any atom is 0.279 e. The Hall–Kier alpha value is -2.52. The Labute approximate surface area is 136 Å². The molecular weight excluding hydrogens is 308 g/mol. The van der Waals surface area contributed by atoms with Crippen molar-refractivity contribution >= 4 is 21.6 Å². The Morgan fingerprint density at radius 2 is 2.00 bits per heavy atom. The Bertz CT molecular complexity index is 979. The van der Waals surface area contributed by atoms with Crippen LogP contribution in [0.1, 0.15) is 34.4 Å². The van der Waals surface area contributed by atoms with Crippen LogP contribution < -0.4 is 5.56 Å². The monoisotopic (exact) mass is 322 g/mol. The molecule has 6 heteroatoms. The van der Waals surface area contributed by atoms with Crippen LogP contribution in [0.25, 0.3) is 10.2 Å². The van der Waals surface area contributed by atoms with Crippen molar-refractivity contribution in [1.29, 1.82) is 5.26 Å². The second-order valence-corrected chi connectivity index (χ2v) is 6.84. The number of nitrogens with zero attached hydrogens (tertiary/aromatic N) is 4. The zero-order valence-corrected chi connectivity index (χ0v) is 13.3. The van der Waals surface area contributed by atoms with E-state index in [2.05, 4.69) is 16.4 Å². The number of thiophene rings is 1. The zero-order valence-electron chi connectivity index (χ0n) is 12.5. The van der Waals surface area contributed by atoms with Crippen LogP contribution in [0.2, 0.25) is 0 Å². The van der Waals surface area contributed by atoms with E-state index in [4.69, 9.17) is 5.26 Å². The van der Waals surface area contributed by atoms with E-state index < -0.39 is 0 Å². The van der Waals surface area contributed by atoms with Gasteiger partial charge < -0.3 is 0 Å². The molecule has 3 aromatic rings. The molecule has 0 spiro atoms. The molecule has 114 valence electrons. The third kappa shape index (κ3) is 2.43. The molecule has 23 heavy (non-hydrogen) atoms. The molecule has 0 aliphatic heterocycles. The van der Waals surface area contributed by atoms with Gasteiger partial charge >= 0.3 is 0 Å². The van der Waals surface area contributed by atoms with Crippen molar-refractivity contribution in [1.82, 2.24) is 15.0 Å². The zero-order chi connectivity index (χ0) is 15.8. The highest BCUT2D eigenvalue weighted by Crippen LogP contribution is 2.33. The van der Waals surface area contributed by atoms with E-state index in [-0.39, 0.29) is 5.56 Å². The summed E-state index contributed by atoms with van der Waals surface area (Å²) in [5.41, 5.74) is 2.67. The quantitative estimate of drug-likeness (QED) is 0.727. The summed E-state index contributed by atoms with van der Waals surface area (Å²) < 4.78 is 1.42. The number of hydrogen-bond acceptors (Lipinski definition) is 5. The Morgan fingerprint density at radius 3 is 2.78 bits per heavy atom. The van der Waals surface area contributed by atoms with E-state index in [1.54, 1.807) is 23.5 Å². The SMILES string of the molecule is N#Cc1ccc(Cn2nnc3sc4c(c3c2=O)CCCC4)cc1. The average Bonchev–Trinajstić information content (AvgIpc) is 2.97. The summed E-state index contributed by atoms with van der Waals surface area (Å²) in [6, 6.07) is 9.28. The maximum absolute atomic E-state index is 12.8. The molecule has 0 atom stereocenters. The van der Waals surface area contributed by atoms with Crippen LogP contribution in [0, 0.1) is 11.3 Å². The number of benzene rings is 1. The highest BCUT2D eigenvalue weighted by atomic mass is 32.1. The van der Waals surface area contributed by atoms with Gasteiger partial charge in [-0.1, -0.05) is 17.3 Å². The standard InChI is InChI=1S/C17H14N4OS/c18-9-11-5-7-12(8-6-11)10-21-17(22)15-13-3-1-2-4-14(13)23-16(15)19-20-21/h5-8H,1-4,10H2. The second-order valence-electron chi connectivity index (χ2n) is 5.75. The lowest BCUT2D eigenvalue weighted by atomic mass is 9.97. The van der Waals surface area contributed by atoms with Gasteiger partial charge in [0.25, 0.3) is 5.56 Å². The molecule has 0 N–H and O–H groups in total. The molecule has 4 rings (SSSR count). The van der Waals surface area contributed by atoms with Crippen LogP contribution >= 0.6 is 11.3 Å². The molecule has 1 aliphatic rings. The average molecular weight is 322 g/mol. The molecule has 0 unspecified atom stereocenters. The van der Waals surface area contributed by atoms with Crippen LogP contribution in [0.4, 0.5) is 0 Å². The predicted octanol–water partition coefficient (Wildman–Crippen LogP) is 2.65. The van der Waals surface area contributed by atoms with Gasteiger partial charge in [0.05, 0.1) is 23.6 Å². The normalized spacial score (nSPS) is 13.7. The lowest BCUT2D eigenvalue weighted by Crippen LogP contribution is -2.25. The third-order valence-electron chi connectivity index (χ3n) is 4.26. The van der Waals surface area contributed by atoms with Gasteiger partial charge in [-0.2, -0.15) is 5.26 Å². The van der Waals surface area contributed by atoms with Crippen molar-refractivity contribution in [2.24, 2.45) is 0 Å². The number of hydrogen-bond donors (Lipinski definition) is 0. The van der Waals surface area contributed by atoms with Crippen molar-refractivity contribution in [3.63, 3.8) is 0 Å². The minimum absolute atomic E-state index is 0.0567. The summed E-state index contributed by atoms with van der Waals surface area (Å²) in [7, 11) is 0. The van der Waals surface area contributed by atoms with Gasteiger partial charge in [0.1, 0.15) is 0 Å². The lowest BCUT2D eigenvalue weighted by molar-refractivity contribution is 0.600. The van der Waals surface area contributed by atoms with Gasteiger partial charge in [0, 0.05) is 4.88 Å². The number of aryl methyl sites for hydroxylation is 2. The van der Waals surface area contributed by atoms with Gasteiger partial charge in [-0.05, 0) is 48.9 Å². The van der Waals surface area contributed by atoms with Gasteiger partial charge in [0.15, 0.2) is 4.83 Å². The first-order chi connectivity index (χ1) is 11.3. The highest BCUT2D eigenvalue weighted by Gasteiger charge is 2.20. The fourth-order valence-electron chi connectivity index (χ4n) is 3.07. The Balaban J connectivity index is 1.77. The predicted molar refractivity (Wildman–Crippen MR) is 88.6 cm³/mol. The topological polar surface area (TPSA) is 71.6 Å². The first-order valence-corrected chi connectivity index (χ1v) is 8.45. The molecule has 0 saturated heterocycles. The molecule has 1 aliphatic carbocycles. The van der Waals surface area contributed by atoms with Crippen molar-refractivity contribution in [3.05, 3.63) is 56.2 Å². The van der Waals surface area contributed by atoms with Gasteiger partial charge in [-0.25, -0.2) is 4.68 Å². The van der Waals surface area contributed by atoms with Crippen LogP contribution in [-0.4, -0.2) is 15.0 Å². The van der Waals surface area contributed by atoms with E-state index in [0.717, 1.165) is 35.0 Å². The van der Waals surface area contributed by atoms with E-state index >= 15 is 0 Å². The third-order valence-corrected chi connectivity index (χ3v) is 5.44. The maximum atomic E-state index is 12.8. The summed E-state index contributed by atoms with van der Waals surface area (Å²) in [5, 5.41) is 17.9. The second kappa shape index (κ2) is 5.60. The molecule has 1 aromatic carbocycles. The Kier molecular flexibility index (Phi) is 3.43. The van der Waals surface area contributed by atoms with Gasteiger partial charge in [0.2, 0.25) is 0 Å². The highest BCUT2D eigenvalue weighted by molar-refractivity contribution is 7.18. The van der Waals surface area contributed by atoms with E-state index in [9.17, 15) is 4.79 Å². The summed E-state index contributed by atoms with van der Waals surface area (Å²) in [6.45, 7) is 0.373. The fourth-order valence-corrected chi connectivity index (χ4v) is 4.26. The smallest absolute Gasteiger partial charge is 0.267 e. The first-order valence-electron chi connectivity index (χ1n) is 7.63. The van der Waals surface area contributed by atoms with Crippen molar-refractivity contribution in [3.8, 4) is 6.07 Å². The van der Waals surface area contributed by atoms with Crippen LogP contribution in [-0.2, 0) is 19.4 Å². The van der Waals surface area contributed by atoms with Crippen LogP contribution in [0.15, 0.2) is 29.1 Å². The molecule has 0 bridgehead atoms. The molecule has 2 aromatic heterocycles. The summed E-state index contributed by atoms with van der Waals surface area (Å²) in [4.78, 5) is 14.9. The van der Waals surface area contributed by atoms with E-state index in [1.807, 2.05) is 12.1 Å². The molecule has 0 fully saturated rings. The molecule has 2 heterocycles. The summed E-state index contributed by atoms with van der Waals surface area (Å²) in [6.07, 6.45) is 4.33.